The normalized spacial score (nSPS) is 21.2. The molecule has 4 heteroatoms. The van der Waals surface area contributed by atoms with Crippen molar-refractivity contribution in [1.29, 1.82) is 0 Å². The van der Waals surface area contributed by atoms with Crippen molar-refractivity contribution in [2.45, 2.75) is 12.5 Å². The Labute approximate surface area is 133 Å². The van der Waals surface area contributed by atoms with Gasteiger partial charge in [-0.2, -0.15) is 0 Å². The highest BCUT2D eigenvalue weighted by Crippen LogP contribution is 2.38. The van der Waals surface area contributed by atoms with Crippen molar-refractivity contribution in [3.63, 3.8) is 0 Å². The summed E-state index contributed by atoms with van der Waals surface area (Å²) in [5.74, 6) is 1.16. The van der Waals surface area contributed by atoms with Gasteiger partial charge in [0.2, 0.25) is 0 Å². The number of rotatable bonds is 0. The second kappa shape index (κ2) is 5.11. The molecule has 21 heavy (non-hydrogen) atoms. The maximum atomic E-state index is 4.73. The van der Waals surface area contributed by atoms with Crippen LogP contribution in [-0.4, -0.2) is 36.6 Å². The first-order valence-electron chi connectivity index (χ1n) is 7.40. The fraction of sp³-hybridized carbons (Fsp3) is 0.353. The van der Waals surface area contributed by atoms with E-state index in [0.29, 0.717) is 6.04 Å². The molecule has 3 heterocycles. The summed E-state index contributed by atoms with van der Waals surface area (Å²) in [5, 5.41) is 0. The first kappa shape index (κ1) is 13.3. The highest BCUT2D eigenvalue weighted by molar-refractivity contribution is 9.10. The van der Waals surface area contributed by atoms with Crippen LogP contribution in [0.5, 0.6) is 0 Å². The second-order valence-corrected chi connectivity index (χ2v) is 6.90. The lowest BCUT2D eigenvalue weighted by molar-refractivity contribution is 0.268. The molecule has 1 aromatic carbocycles. The number of aromatic nitrogens is 1. The highest BCUT2D eigenvalue weighted by atomic mass is 79.9. The van der Waals surface area contributed by atoms with E-state index in [4.69, 9.17) is 4.98 Å². The summed E-state index contributed by atoms with van der Waals surface area (Å²) in [4.78, 5) is 9.64. The van der Waals surface area contributed by atoms with Crippen LogP contribution in [0.25, 0.3) is 0 Å². The van der Waals surface area contributed by atoms with Crippen LogP contribution in [0.4, 0.5) is 5.82 Å². The molecular formula is C17H18BrN3. The minimum atomic E-state index is 0.412. The van der Waals surface area contributed by atoms with Gasteiger partial charge in [0, 0.05) is 42.3 Å². The van der Waals surface area contributed by atoms with Crippen LogP contribution in [0.3, 0.4) is 0 Å². The number of fused-ring (bicyclic) bond motifs is 5. The number of pyridine rings is 1. The molecule has 1 atom stereocenters. The van der Waals surface area contributed by atoms with Gasteiger partial charge in [-0.25, -0.2) is 4.98 Å². The molecule has 1 aromatic heterocycles. The number of likely N-dealkylation sites (N-methyl/N-ethyl adjacent to an activating group) is 1. The molecule has 0 bridgehead atoms. The third kappa shape index (κ3) is 2.27. The Bertz CT molecular complexity index is 685. The second-order valence-electron chi connectivity index (χ2n) is 5.98. The van der Waals surface area contributed by atoms with Crippen molar-refractivity contribution in [2.24, 2.45) is 0 Å². The Balaban J connectivity index is 1.90. The fourth-order valence-corrected chi connectivity index (χ4v) is 3.91. The highest BCUT2D eigenvalue weighted by Gasteiger charge is 2.32. The summed E-state index contributed by atoms with van der Waals surface area (Å²) >= 11 is 3.56. The monoisotopic (exact) mass is 343 g/mol. The smallest absolute Gasteiger partial charge is 0.132 e. The van der Waals surface area contributed by atoms with Gasteiger partial charge < -0.3 is 9.80 Å². The first-order valence-corrected chi connectivity index (χ1v) is 8.19. The molecule has 4 rings (SSSR count). The third-order valence-corrected chi connectivity index (χ3v) is 4.99. The van der Waals surface area contributed by atoms with E-state index in [0.717, 1.165) is 36.3 Å². The molecule has 0 spiro atoms. The molecule has 1 saturated heterocycles. The number of halogens is 1. The number of nitrogens with zero attached hydrogens (tertiary/aromatic N) is 3. The van der Waals surface area contributed by atoms with E-state index in [2.05, 4.69) is 63.1 Å². The maximum absolute atomic E-state index is 4.73. The Morgan fingerprint density at radius 2 is 2.05 bits per heavy atom. The van der Waals surface area contributed by atoms with Crippen molar-refractivity contribution in [2.75, 3.05) is 31.6 Å². The van der Waals surface area contributed by atoms with Crippen LogP contribution >= 0.6 is 15.9 Å². The van der Waals surface area contributed by atoms with Crippen LogP contribution in [-0.2, 0) is 6.42 Å². The zero-order chi connectivity index (χ0) is 14.4. The first-order chi connectivity index (χ1) is 10.2. The van der Waals surface area contributed by atoms with Gasteiger partial charge in [-0.05, 0) is 40.2 Å². The summed E-state index contributed by atoms with van der Waals surface area (Å²) < 4.78 is 1.06. The molecule has 2 aliphatic heterocycles. The Morgan fingerprint density at radius 1 is 1.19 bits per heavy atom. The lowest BCUT2D eigenvalue weighted by Crippen LogP contribution is -2.47. The molecule has 3 nitrogen and oxygen atoms in total. The predicted molar refractivity (Wildman–Crippen MR) is 88.8 cm³/mol. The van der Waals surface area contributed by atoms with Gasteiger partial charge in [-0.1, -0.05) is 24.3 Å². The Morgan fingerprint density at radius 3 is 2.95 bits per heavy atom. The molecule has 0 unspecified atom stereocenters. The number of benzene rings is 1. The van der Waals surface area contributed by atoms with E-state index in [1.807, 2.05) is 6.20 Å². The van der Waals surface area contributed by atoms with Crippen LogP contribution in [0.1, 0.15) is 22.7 Å². The lowest BCUT2D eigenvalue weighted by atomic mass is 9.96. The Kier molecular flexibility index (Phi) is 3.23. The zero-order valence-electron chi connectivity index (χ0n) is 12.1. The summed E-state index contributed by atoms with van der Waals surface area (Å²) in [6, 6.07) is 11.5. The van der Waals surface area contributed by atoms with Crippen molar-refractivity contribution < 1.29 is 0 Å². The predicted octanol–water partition coefficient (Wildman–Crippen LogP) is 3.24. The van der Waals surface area contributed by atoms with E-state index < -0.39 is 0 Å². The van der Waals surface area contributed by atoms with Gasteiger partial charge in [0.05, 0.1) is 6.04 Å². The summed E-state index contributed by atoms with van der Waals surface area (Å²) in [6.07, 6.45) is 2.89. The molecule has 1 fully saturated rings. The Hall–Kier alpha value is -1.39. The van der Waals surface area contributed by atoms with Crippen molar-refractivity contribution in [3.8, 4) is 0 Å². The molecule has 0 saturated carbocycles. The largest absolute Gasteiger partial charge is 0.347 e. The van der Waals surface area contributed by atoms with Gasteiger partial charge in [0.25, 0.3) is 0 Å². The molecule has 2 aromatic rings. The molecule has 0 radical (unpaired) electrons. The van der Waals surface area contributed by atoms with Crippen LogP contribution in [0.2, 0.25) is 0 Å². The SMILES string of the molecule is CN1CCN2c3ncc(Br)cc3Cc3ccccc3[C@@H]2C1. The van der Waals surface area contributed by atoms with Crippen molar-refractivity contribution in [1.82, 2.24) is 9.88 Å². The lowest BCUT2D eigenvalue weighted by Gasteiger charge is -2.41. The van der Waals surface area contributed by atoms with E-state index in [1.54, 1.807) is 0 Å². The molecular weight excluding hydrogens is 326 g/mol. The van der Waals surface area contributed by atoms with Gasteiger partial charge >= 0.3 is 0 Å². The topological polar surface area (TPSA) is 19.4 Å². The van der Waals surface area contributed by atoms with E-state index in [-0.39, 0.29) is 0 Å². The number of hydrogen-bond acceptors (Lipinski definition) is 3. The summed E-state index contributed by atoms with van der Waals surface area (Å²) in [6.45, 7) is 3.20. The molecule has 0 N–H and O–H groups in total. The molecule has 108 valence electrons. The van der Waals surface area contributed by atoms with E-state index in [1.165, 1.54) is 16.7 Å². The zero-order valence-corrected chi connectivity index (χ0v) is 13.7. The number of hydrogen-bond donors (Lipinski definition) is 0. The summed E-state index contributed by atoms with van der Waals surface area (Å²) in [7, 11) is 2.21. The minimum Gasteiger partial charge on any atom is -0.347 e. The molecule has 0 amide bonds. The minimum absolute atomic E-state index is 0.412. The standard InChI is InChI=1S/C17H18BrN3/c1-20-6-7-21-16(11-20)15-5-3-2-4-12(15)8-13-9-14(18)10-19-17(13)21/h2-5,9-10,16H,6-8,11H2,1H3/t16-/m0/s1. The van der Waals surface area contributed by atoms with Gasteiger partial charge in [-0.3, -0.25) is 0 Å². The van der Waals surface area contributed by atoms with E-state index >= 15 is 0 Å². The maximum Gasteiger partial charge on any atom is 0.132 e. The third-order valence-electron chi connectivity index (χ3n) is 4.56. The quantitative estimate of drug-likeness (QED) is 0.731. The molecule has 0 aliphatic carbocycles. The van der Waals surface area contributed by atoms with E-state index in [9.17, 15) is 0 Å². The van der Waals surface area contributed by atoms with Crippen molar-refractivity contribution in [3.05, 3.63) is 57.7 Å². The molecule has 2 aliphatic rings. The van der Waals surface area contributed by atoms with Gasteiger partial charge in [0.1, 0.15) is 5.82 Å². The van der Waals surface area contributed by atoms with Crippen molar-refractivity contribution >= 4 is 21.7 Å². The number of anilines is 1. The van der Waals surface area contributed by atoms with Gasteiger partial charge in [0.15, 0.2) is 0 Å². The number of piperazine rings is 1. The van der Waals surface area contributed by atoms with Crippen LogP contribution < -0.4 is 4.90 Å². The van der Waals surface area contributed by atoms with Crippen LogP contribution in [0, 0.1) is 0 Å². The fourth-order valence-electron chi connectivity index (χ4n) is 3.53. The average molecular weight is 344 g/mol. The average Bonchev–Trinajstić information content (AvgIpc) is 2.61. The summed E-state index contributed by atoms with van der Waals surface area (Å²) in [5.41, 5.74) is 4.21. The van der Waals surface area contributed by atoms with Crippen LogP contribution in [0.15, 0.2) is 41.0 Å². The van der Waals surface area contributed by atoms with Gasteiger partial charge in [-0.15, -0.1) is 0 Å².